The summed E-state index contributed by atoms with van der Waals surface area (Å²) in [4.78, 5) is 39.2. The van der Waals surface area contributed by atoms with Gasteiger partial charge >= 0.3 is 18.2 Å². The number of halogens is 6. The third-order valence-corrected chi connectivity index (χ3v) is 5.03. The van der Waals surface area contributed by atoms with E-state index in [1.165, 1.54) is 36.6 Å². The highest BCUT2D eigenvalue weighted by Gasteiger charge is 2.42. The summed E-state index contributed by atoms with van der Waals surface area (Å²) >= 11 is 6.13. The van der Waals surface area contributed by atoms with Crippen molar-refractivity contribution in [1.29, 1.82) is 0 Å². The summed E-state index contributed by atoms with van der Waals surface area (Å²) in [5.41, 5.74) is 0.0157. The lowest BCUT2D eigenvalue weighted by atomic mass is 10.2. The molecular weight excluding hydrogens is 531 g/mol. The van der Waals surface area contributed by atoms with Gasteiger partial charge in [0.05, 0.1) is 16.3 Å². The van der Waals surface area contributed by atoms with Crippen molar-refractivity contribution in [1.82, 2.24) is 20.0 Å². The number of nitrogens with zero attached hydrogens (tertiary/aromatic N) is 2. The summed E-state index contributed by atoms with van der Waals surface area (Å²) in [6, 6.07) is 3.76. The van der Waals surface area contributed by atoms with Crippen LogP contribution in [0.15, 0.2) is 30.5 Å². The summed E-state index contributed by atoms with van der Waals surface area (Å²) in [5.74, 6) is -4.98. The van der Waals surface area contributed by atoms with Crippen LogP contribution in [0.5, 0.6) is 5.75 Å². The molecule has 3 rings (SSSR count). The van der Waals surface area contributed by atoms with Crippen molar-refractivity contribution in [2.75, 3.05) is 6.54 Å². The van der Waals surface area contributed by atoms with E-state index in [9.17, 15) is 36.3 Å². The highest BCUT2D eigenvalue weighted by molar-refractivity contribution is 6.30. The van der Waals surface area contributed by atoms with E-state index in [0.717, 1.165) is 12.1 Å². The molecule has 9 nitrogen and oxygen atoms in total. The van der Waals surface area contributed by atoms with Crippen molar-refractivity contribution in [3.05, 3.63) is 64.1 Å². The largest absolute Gasteiger partial charge is 0.491 e. The normalized spacial score (nSPS) is 12.2. The number of rotatable bonds is 7. The molecule has 1 unspecified atom stereocenters. The van der Waals surface area contributed by atoms with Crippen LogP contribution in [0.25, 0.3) is 5.65 Å². The Morgan fingerprint density at radius 3 is 2.46 bits per heavy atom. The SMILES string of the molecule is Cc1nc2c(OCc3c(F)cccc3F)cc(Cl)cn2c1C(=O)NCC(C)NC(=O)OC(=O)C(F)(F)F. The van der Waals surface area contributed by atoms with Crippen LogP contribution < -0.4 is 15.4 Å². The molecular formula is C22H18ClF5N4O5. The number of nitrogens with one attached hydrogen (secondary N) is 2. The van der Waals surface area contributed by atoms with E-state index in [1.807, 2.05) is 5.32 Å². The average molecular weight is 549 g/mol. The number of carbonyl (C=O) groups excluding carboxylic acids is 3. The van der Waals surface area contributed by atoms with Crippen molar-refractivity contribution < 1.29 is 45.8 Å². The van der Waals surface area contributed by atoms with E-state index >= 15 is 0 Å². The average Bonchev–Trinajstić information content (AvgIpc) is 3.12. The maximum atomic E-state index is 13.9. The van der Waals surface area contributed by atoms with Crippen LogP contribution in [0, 0.1) is 18.6 Å². The fourth-order valence-electron chi connectivity index (χ4n) is 3.15. The number of esters is 1. The van der Waals surface area contributed by atoms with Crippen LogP contribution in [0.3, 0.4) is 0 Å². The number of imidazole rings is 1. The van der Waals surface area contributed by atoms with Gasteiger partial charge in [0.15, 0.2) is 11.4 Å². The van der Waals surface area contributed by atoms with Crippen LogP contribution in [0.4, 0.5) is 26.7 Å². The van der Waals surface area contributed by atoms with Crippen molar-refractivity contribution in [2.45, 2.75) is 32.7 Å². The Balaban J connectivity index is 1.72. The third kappa shape index (κ3) is 6.64. The van der Waals surface area contributed by atoms with Gasteiger partial charge in [0.1, 0.15) is 23.9 Å². The first-order chi connectivity index (χ1) is 17.3. The zero-order chi connectivity index (χ0) is 27.5. The number of ether oxygens (including phenoxy) is 2. The van der Waals surface area contributed by atoms with Gasteiger partial charge in [-0.2, -0.15) is 13.2 Å². The predicted octanol–water partition coefficient (Wildman–Crippen LogP) is 4.09. The van der Waals surface area contributed by atoms with Gasteiger partial charge in [-0.05, 0) is 26.0 Å². The van der Waals surface area contributed by atoms with E-state index in [2.05, 4.69) is 15.0 Å². The maximum Gasteiger partial charge on any atom is 0.491 e. The summed E-state index contributed by atoms with van der Waals surface area (Å²) in [6.07, 6.45) is -5.64. The minimum Gasteiger partial charge on any atom is -0.485 e. The van der Waals surface area contributed by atoms with Crippen LogP contribution in [-0.2, 0) is 16.1 Å². The summed E-state index contributed by atoms with van der Waals surface area (Å²) in [7, 11) is 0. The van der Waals surface area contributed by atoms with E-state index in [1.54, 1.807) is 0 Å². The Morgan fingerprint density at radius 2 is 1.84 bits per heavy atom. The molecule has 2 amide bonds. The smallest absolute Gasteiger partial charge is 0.485 e. The van der Waals surface area contributed by atoms with Gasteiger partial charge in [-0.25, -0.2) is 23.4 Å². The monoisotopic (exact) mass is 548 g/mol. The van der Waals surface area contributed by atoms with E-state index in [4.69, 9.17) is 16.3 Å². The number of hydrogen-bond donors (Lipinski definition) is 2. The first-order valence-electron chi connectivity index (χ1n) is 10.4. The van der Waals surface area contributed by atoms with Crippen molar-refractivity contribution in [3.8, 4) is 5.75 Å². The lowest BCUT2D eigenvalue weighted by molar-refractivity contribution is -0.192. The highest BCUT2D eigenvalue weighted by Crippen LogP contribution is 2.28. The summed E-state index contributed by atoms with van der Waals surface area (Å²) in [6.45, 7) is 2.08. The van der Waals surface area contributed by atoms with Gasteiger partial charge in [-0.1, -0.05) is 17.7 Å². The first-order valence-corrected chi connectivity index (χ1v) is 10.8. The molecule has 2 heterocycles. The molecule has 0 saturated carbocycles. The van der Waals surface area contributed by atoms with Crippen molar-refractivity contribution in [2.24, 2.45) is 0 Å². The van der Waals surface area contributed by atoms with E-state index < -0.39 is 48.4 Å². The molecule has 15 heteroatoms. The number of aryl methyl sites for hydroxylation is 1. The van der Waals surface area contributed by atoms with Crippen LogP contribution >= 0.6 is 11.6 Å². The second-order valence-corrected chi connectivity index (χ2v) is 8.12. The number of benzene rings is 1. The Hall–Kier alpha value is -3.94. The van der Waals surface area contributed by atoms with Gasteiger partial charge in [0, 0.05) is 24.8 Å². The number of alkyl halides is 3. The van der Waals surface area contributed by atoms with Gasteiger partial charge < -0.3 is 20.1 Å². The van der Waals surface area contributed by atoms with Gasteiger partial charge in [0.25, 0.3) is 5.91 Å². The fraction of sp³-hybridized carbons (Fsp3) is 0.273. The van der Waals surface area contributed by atoms with E-state index in [0.29, 0.717) is 0 Å². The molecule has 0 radical (unpaired) electrons. The Morgan fingerprint density at radius 1 is 1.19 bits per heavy atom. The maximum absolute atomic E-state index is 13.9. The van der Waals surface area contributed by atoms with Gasteiger partial charge in [-0.15, -0.1) is 0 Å². The number of aromatic nitrogens is 2. The molecule has 0 aliphatic rings. The van der Waals surface area contributed by atoms with Crippen LogP contribution in [0.2, 0.25) is 5.02 Å². The summed E-state index contributed by atoms with van der Waals surface area (Å²) < 4.78 is 74.9. The molecule has 1 atom stereocenters. The molecule has 2 aromatic heterocycles. The van der Waals surface area contributed by atoms with Crippen LogP contribution in [0.1, 0.15) is 28.7 Å². The number of carbonyl (C=O) groups is 3. The molecule has 0 aliphatic heterocycles. The molecule has 0 spiro atoms. The third-order valence-electron chi connectivity index (χ3n) is 4.83. The topological polar surface area (TPSA) is 111 Å². The van der Waals surface area contributed by atoms with Crippen molar-refractivity contribution >= 4 is 35.2 Å². The summed E-state index contributed by atoms with van der Waals surface area (Å²) in [5, 5.41) is 4.54. The first kappa shape index (κ1) is 27.6. The highest BCUT2D eigenvalue weighted by atomic mass is 35.5. The Kier molecular flexibility index (Phi) is 8.21. The van der Waals surface area contributed by atoms with Crippen molar-refractivity contribution in [3.63, 3.8) is 0 Å². The number of pyridine rings is 1. The predicted molar refractivity (Wildman–Crippen MR) is 118 cm³/mol. The second-order valence-electron chi connectivity index (χ2n) is 7.68. The Bertz CT molecular complexity index is 1340. The lowest BCUT2D eigenvalue weighted by Crippen LogP contribution is -2.44. The molecule has 37 heavy (non-hydrogen) atoms. The van der Waals surface area contributed by atoms with Gasteiger partial charge in [-0.3, -0.25) is 9.20 Å². The number of amides is 2. The standard InChI is InChI=1S/C22H18ClF5N4O5/c1-10(30-21(35)37-20(34)22(26,27)28)7-29-19(33)17-11(2)31-18-16(6-12(23)8-32(17)18)36-9-13-14(24)4-3-5-15(13)25/h3-6,8,10H,7,9H2,1-2H3,(H,29,33)(H,30,35). The molecule has 3 aromatic rings. The molecule has 0 fully saturated rings. The molecule has 0 bridgehead atoms. The fourth-order valence-corrected chi connectivity index (χ4v) is 3.35. The molecule has 0 saturated heterocycles. The molecule has 2 N–H and O–H groups in total. The Labute approximate surface area is 210 Å². The minimum absolute atomic E-state index is 0.00134. The van der Waals surface area contributed by atoms with E-state index in [-0.39, 0.29) is 39.9 Å². The molecule has 198 valence electrons. The van der Waals surface area contributed by atoms with Crippen LogP contribution in [-0.4, -0.2) is 46.1 Å². The second kappa shape index (κ2) is 11.0. The number of hydrogen-bond acceptors (Lipinski definition) is 6. The zero-order valence-corrected chi connectivity index (χ0v) is 19.8. The number of fused-ring (bicyclic) bond motifs is 1. The quantitative estimate of drug-likeness (QED) is 0.261. The number of alkyl carbamates (subject to hydrolysis) is 1. The minimum atomic E-state index is -5.34. The lowest BCUT2D eigenvalue weighted by Gasteiger charge is -2.15. The molecule has 0 aliphatic carbocycles. The zero-order valence-electron chi connectivity index (χ0n) is 19.1. The molecule has 1 aromatic carbocycles. The van der Waals surface area contributed by atoms with Gasteiger partial charge in [0.2, 0.25) is 0 Å².